The Morgan fingerprint density at radius 3 is 2.57 bits per heavy atom. The molecule has 3 saturated heterocycles. The molecule has 11 heteroatoms. The molecule has 1 atom stereocenters. The van der Waals surface area contributed by atoms with Crippen molar-refractivity contribution >= 4 is 17.6 Å². The second kappa shape index (κ2) is 13.4. The molecular formula is C35H49FN6O4. The minimum absolute atomic E-state index is 0.00192. The molecule has 46 heavy (non-hydrogen) atoms. The van der Waals surface area contributed by atoms with E-state index < -0.39 is 5.82 Å². The maximum absolute atomic E-state index is 14.3. The van der Waals surface area contributed by atoms with Crippen LogP contribution < -0.4 is 15.0 Å². The van der Waals surface area contributed by atoms with Crippen LogP contribution in [0.3, 0.4) is 0 Å². The maximum Gasteiger partial charge on any atom is 0.257 e. The summed E-state index contributed by atoms with van der Waals surface area (Å²) in [6, 6.07) is 4.03. The lowest BCUT2D eigenvalue weighted by Gasteiger charge is -2.55. The normalized spacial score (nSPS) is 26.0. The van der Waals surface area contributed by atoms with Gasteiger partial charge < -0.3 is 29.5 Å². The molecule has 6 rings (SSSR count). The SMILES string of the molecule is CCN(C(=O)c1cc(F)ccc1Oc1cncnc1N1CC2(CCN(C[C@H]3CC[C@]4(CC3)C[C@@H](COC)C(=O)N4)CC2)C1)C(C)C. The van der Waals surface area contributed by atoms with Crippen LogP contribution in [0.25, 0.3) is 0 Å². The van der Waals surface area contributed by atoms with Gasteiger partial charge in [-0.2, -0.15) is 0 Å². The van der Waals surface area contributed by atoms with E-state index >= 15 is 0 Å². The number of nitrogens with one attached hydrogen (secondary N) is 1. The molecule has 10 nitrogen and oxygen atoms in total. The first kappa shape index (κ1) is 32.6. The van der Waals surface area contributed by atoms with E-state index in [2.05, 4.69) is 25.1 Å². The van der Waals surface area contributed by atoms with Crippen molar-refractivity contribution < 1.29 is 23.5 Å². The monoisotopic (exact) mass is 636 g/mol. The first-order chi connectivity index (χ1) is 22.1. The van der Waals surface area contributed by atoms with Crippen LogP contribution in [0, 0.1) is 23.1 Å². The third-order valence-corrected chi connectivity index (χ3v) is 10.9. The quantitative estimate of drug-likeness (QED) is 0.394. The van der Waals surface area contributed by atoms with Gasteiger partial charge >= 0.3 is 0 Å². The van der Waals surface area contributed by atoms with Crippen LogP contribution in [0.2, 0.25) is 0 Å². The number of hydrogen-bond acceptors (Lipinski definition) is 8. The molecule has 2 spiro atoms. The summed E-state index contributed by atoms with van der Waals surface area (Å²) in [5.41, 5.74) is 0.434. The highest BCUT2D eigenvalue weighted by Gasteiger charge is 2.48. The van der Waals surface area contributed by atoms with Crippen LogP contribution in [0.5, 0.6) is 11.5 Å². The molecule has 2 aromatic rings. The molecule has 3 aliphatic heterocycles. The van der Waals surface area contributed by atoms with Gasteiger partial charge in [-0.3, -0.25) is 9.59 Å². The Kier molecular flexibility index (Phi) is 9.53. The summed E-state index contributed by atoms with van der Waals surface area (Å²) in [5.74, 6) is 1.55. The van der Waals surface area contributed by atoms with Crippen LogP contribution in [-0.4, -0.2) is 96.1 Å². The van der Waals surface area contributed by atoms with Crippen LogP contribution in [-0.2, 0) is 9.53 Å². The summed E-state index contributed by atoms with van der Waals surface area (Å²) in [5, 5.41) is 3.32. The molecular weight excluding hydrogens is 587 g/mol. The molecule has 1 saturated carbocycles. The Bertz CT molecular complexity index is 1400. The van der Waals surface area contributed by atoms with E-state index in [1.165, 1.54) is 37.4 Å². The molecule has 4 heterocycles. The number of halogens is 1. The van der Waals surface area contributed by atoms with E-state index in [1.54, 1.807) is 18.2 Å². The Labute approximate surface area is 272 Å². The topological polar surface area (TPSA) is 100 Å². The van der Waals surface area contributed by atoms with Crippen molar-refractivity contribution in [2.45, 2.75) is 77.3 Å². The molecule has 0 radical (unpaired) electrons. The number of benzene rings is 1. The predicted octanol–water partition coefficient (Wildman–Crippen LogP) is 4.89. The molecule has 4 fully saturated rings. The predicted molar refractivity (Wildman–Crippen MR) is 173 cm³/mol. The van der Waals surface area contributed by atoms with Gasteiger partial charge in [-0.05, 0) is 103 Å². The largest absolute Gasteiger partial charge is 0.451 e. The molecule has 0 bridgehead atoms. The number of carbonyl (C=O) groups is 2. The molecule has 1 aromatic carbocycles. The standard InChI is InChI=1S/C35H49FN6O4/c1-5-42(24(2)3)33(44)28-16-27(36)6-7-29(28)46-30-18-37-23-38-31(30)41-21-34(22-41)12-14-40(15-13-34)19-25-8-10-35(11-9-25)17-26(20-45-4)32(43)39-35/h6-7,16,18,23-26H,5,8-15,17,19-22H2,1-4H3,(H,39,43)/t25-,26-,35-/m0/s1. The highest BCUT2D eigenvalue weighted by Crippen LogP contribution is 2.46. The molecule has 2 amide bonds. The lowest BCUT2D eigenvalue weighted by molar-refractivity contribution is -0.124. The summed E-state index contributed by atoms with van der Waals surface area (Å²) in [4.78, 5) is 41.1. The summed E-state index contributed by atoms with van der Waals surface area (Å²) >= 11 is 0. The number of aromatic nitrogens is 2. The smallest absolute Gasteiger partial charge is 0.257 e. The number of anilines is 1. The first-order valence-corrected chi connectivity index (χ1v) is 17.0. The fraction of sp³-hybridized carbons (Fsp3) is 0.657. The van der Waals surface area contributed by atoms with E-state index in [0.29, 0.717) is 36.4 Å². The lowest BCUT2D eigenvalue weighted by atomic mass is 9.71. The van der Waals surface area contributed by atoms with Gasteiger partial charge in [0, 0.05) is 50.3 Å². The van der Waals surface area contributed by atoms with E-state index in [4.69, 9.17) is 9.47 Å². The second-order valence-electron chi connectivity index (χ2n) is 14.4. The van der Waals surface area contributed by atoms with Crippen molar-refractivity contribution in [2.75, 3.05) is 57.9 Å². The fourth-order valence-corrected chi connectivity index (χ4v) is 8.26. The minimum atomic E-state index is -0.484. The maximum atomic E-state index is 14.3. The molecule has 1 aromatic heterocycles. The minimum Gasteiger partial charge on any atom is -0.451 e. The molecule has 1 aliphatic carbocycles. The van der Waals surface area contributed by atoms with Gasteiger partial charge in [0.05, 0.1) is 24.3 Å². The highest BCUT2D eigenvalue weighted by atomic mass is 19.1. The number of piperidine rings is 1. The first-order valence-electron chi connectivity index (χ1n) is 17.0. The number of carbonyl (C=O) groups excluding carboxylic acids is 2. The van der Waals surface area contributed by atoms with Crippen molar-refractivity contribution in [3.63, 3.8) is 0 Å². The Morgan fingerprint density at radius 2 is 1.89 bits per heavy atom. The van der Waals surface area contributed by atoms with Crippen LogP contribution in [0.1, 0.15) is 76.1 Å². The van der Waals surface area contributed by atoms with Crippen LogP contribution >= 0.6 is 0 Å². The average Bonchev–Trinajstić information content (AvgIpc) is 3.33. The van der Waals surface area contributed by atoms with Gasteiger partial charge in [0.15, 0.2) is 11.6 Å². The van der Waals surface area contributed by atoms with Gasteiger partial charge in [-0.25, -0.2) is 14.4 Å². The van der Waals surface area contributed by atoms with Crippen molar-refractivity contribution in [3.8, 4) is 11.5 Å². The number of ether oxygens (including phenoxy) is 2. The number of amides is 2. The molecule has 0 unspecified atom stereocenters. The van der Waals surface area contributed by atoms with Crippen molar-refractivity contribution in [2.24, 2.45) is 17.3 Å². The van der Waals surface area contributed by atoms with E-state index in [0.717, 1.165) is 64.8 Å². The van der Waals surface area contributed by atoms with Crippen LogP contribution in [0.15, 0.2) is 30.7 Å². The van der Waals surface area contributed by atoms with Crippen LogP contribution in [0.4, 0.5) is 10.2 Å². The Hall–Kier alpha value is -3.31. The zero-order chi connectivity index (χ0) is 32.5. The summed E-state index contributed by atoms with van der Waals surface area (Å²) in [6.45, 7) is 11.9. The molecule has 4 aliphatic rings. The third-order valence-electron chi connectivity index (χ3n) is 10.9. The fourth-order valence-electron chi connectivity index (χ4n) is 8.26. The van der Waals surface area contributed by atoms with Gasteiger partial charge in [0.25, 0.3) is 5.91 Å². The number of likely N-dealkylation sites (tertiary alicyclic amines) is 1. The van der Waals surface area contributed by atoms with Crippen molar-refractivity contribution in [3.05, 3.63) is 42.1 Å². The highest BCUT2D eigenvalue weighted by molar-refractivity contribution is 5.97. The van der Waals surface area contributed by atoms with Gasteiger partial charge in [0.2, 0.25) is 5.91 Å². The molecule has 1 N–H and O–H groups in total. The average molecular weight is 637 g/mol. The lowest BCUT2D eigenvalue weighted by Crippen LogP contribution is -2.61. The molecule has 250 valence electrons. The van der Waals surface area contributed by atoms with E-state index in [1.807, 2.05) is 20.8 Å². The Balaban J connectivity index is 1.02. The van der Waals surface area contributed by atoms with E-state index in [-0.39, 0.29) is 40.3 Å². The Morgan fingerprint density at radius 1 is 1.15 bits per heavy atom. The van der Waals surface area contributed by atoms with E-state index in [9.17, 15) is 14.0 Å². The number of rotatable bonds is 10. The zero-order valence-electron chi connectivity index (χ0n) is 27.8. The van der Waals surface area contributed by atoms with Gasteiger partial charge in [-0.1, -0.05) is 0 Å². The van der Waals surface area contributed by atoms with Crippen molar-refractivity contribution in [1.82, 2.24) is 25.1 Å². The van der Waals surface area contributed by atoms with Crippen molar-refractivity contribution in [1.29, 1.82) is 0 Å². The third kappa shape index (κ3) is 6.72. The number of methoxy groups -OCH3 is 1. The zero-order valence-corrected chi connectivity index (χ0v) is 27.8. The second-order valence-corrected chi connectivity index (χ2v) is 14.4. The number of nitrogens with zero attached hydrogens (tertiary/aromatic N) is 5. The summed E-state index contributed by atoms with van der Waals surface area (Å²) in [7, 11) is 1.67. The summed E-state index contributed by atoms with van der Waals surface area (Å²) in [6.07, 6.45) is 10.8. The van der Waals surface area contributed by atoms with Gasteiger partial charge in [-0.15, -0.1) is 0 Å². The summed E-state index contributed by atoms with van der Waals surface area (Å²) < 4.78 is 25.8. The number of hydrogen-bond donors (Lipinski definition) is 1. The van der Waals surface area contributed by atoms with Gasteiger partial charge in [0.1, 0.15) is 17.9 Å².